The molecule has 0 saturated carbocycles. The number of nitrogens with one attached hydrogen (secondary N) is 2. The lowest BCUT2D eigenvalue weighted by Crippen LogP contribution is -2.60. The van der Waals surface area contributed by atoms with Crippen molar-refractivity contribution in [3.63, 3.8) is 0 Å². The number of rotatable bonds is 4. The number of imide groups is 1. The van der Waals surface area contributed by atoms with E-state index >= 15 is 0 Å². The molecule has 35 heavy (non-hydrogen) atoms. The summed E-state index contributed by atoms with van der Waals surface area (Å²) in [7, 11) is 1.50. The number of anilines is 1. The van der Waals surface area contributed by atoms with Crippen LogP contribution >= 0.6 is 0 Å². The summed E-state index contributed by atoms with van der Waals surface area (Å²) in [6.45, 7) is 9.85. The van der Waals surface area contributed by atoms with Gasteiger partial charge in [0, 0.05) is 36.6 Å². The molecule has 1 spiro atoms. The van der Waals surface area contributed by atoms with Gasteiger partial charge in [0.15, 0.2) is 0 Å². The monoisotopic (exact) mass is 482 g/mol. The average Bonchev–Trinajstić information content (AvgIpc) is 3.34. The number of aromatic amines is 1. The number of aromatic nitrogens is 2. The maximum Gasteiger partial charge on any atom is 0.331 e. The quantitative estimate of drug-likeness (QED) is 0.649. The summed E-state index contributed by atoms with van der Waals surface area (Å²) in [5, 5.41) is 10.7. The minimum atomic E-state index is -1.05. The molecule has 4 rings (SSSR count). The van der Waals surface area contributed by atoms with Gasteiger partial charge in [-0.15, -0.1) is 0 Å². The van der Waals surface area contributed by atoms with Crippen LogP contribution in [0.3, 0.4) is 0 Å². The van der Waals surface area contributed by atoms with Crippen LogP contribution < -0.4 is 10.2 Å². The van der Waals surface area contributed by atoms with E-state index in [2.05, 4.69) is 15.5 Å². The van der Waals surface area contributed by atoms with Crippen molar-refractivity contribution in [3.8, 4) is 0 Å². The predicted molar refractivity (Wildman–Crippen MR) is 132 cm³/mol. The highest BCUT2D eigenvalue weighted by atomic mass is 16.2. The zero-order valence-electron chi connectivity index (χ0n) is 21.2. The molecule has 1 atom stereocenters. The molecular formula is C25H34N6O4. The van der Waals surface area contributed by atoms with Gasteiger partial charge in [0.1, 0.15) is 11.6 Å². The van der Waals surface area contributed by atoms with Gasteiger partial charge in [0.05, 0.1) is 11.7 Å². The molecule has 2 saturated heterocycles. The van der Waals surface area contributed by atoms with Crippen LogP contribution in [0.5, 0.6) is 0 Å². The molecule has 5 amide bonds. The molecule has 10 nitrogen and oxygen atoms in total. The van der Waals surface area contributed by atoms with Gasteiger partial charge in [-0.3, -0.25) is 29.3 Å². The number of hydrogen-bond donors (Lipinski definition) is 2. The first-order valence-electron chi connectivity index (χ1n) is 12.0. The van der Waals surface area contributed by atoms with E-state index in [0.717, 1.165) is 15.8 Å². The largest absolute Gasteiger partial charge is 0.344 e. The van der Waals surface area contributed by atoms with E-state index in [1.165, 1.54) is 7.05 Å². The molecule has 2 aliphatic rings. The van der Waals surface area contributed by atoms with Gasteiger partial charge in [0.2, 0.25) is 11.8 Å². The van der Waals surface area contributed by atoms with Crippen molar-refractivity contribution in [2.75, 3.05) is 25.0 Å². The second-order valence-corrected chi connectivity index (χ2v) is 10.9. The number of fused-ring (bicyclic) bond motifs is 1. The third-order valence-corrected chi connectivity index (χ3v) is 7.09. The van der Waals surface area contributed by atoms with Crippen LogP contribution in [0.15, 0.2) is 24.4 Å². The van der Waals surface area contributed by atoms with Gasteiger partial charge in [0.25, 0.3) is 5.91 Å². The lowest BCUT2D eigenvalue weighted by atomic mass is 9.84. The number of nitrogens with zero attached hydrogens (tertiary/aromatic N) is 4. The van der Waals surface area contributed by atoms with E-state index in [4.69, 9.17) is 0 Å². The second kappa shape index (κ2) is 8.66. The Hall–Kier alpha value is -3.43. The van der Waals surface area contributed by atoms with Crippen LogP contribution in [-0.2, 0) is 14.4 Å². The van der Waals surface area contributed by atoms with Crippen molar-refractivity contribution in [2.45, 2.75) is 59.0 Å². The van der Waals surface area contributed by atoms with Gasteiger partial charge in [-0.1, -0.05) is 34.6 Å². The Morgan fingerprint density at radius 2 is 1.80 bits per heavy atom. The van der Waals surface area contributed by atoms with Crippen LogP contribution in [-0.4, -0.2) is 75.5 Å². The number of carbonyl (C=O) groups is 4. The topological polar surface area (TPSA) is 119 Å². The molecule has 0 bridgehead atoms. The lowest BCUT2D eigenvalue weighted by Gasteiger charge is -2.43. The molecule has 2 aromatic rings. The third-order valence-electron chi connectivity index (χ3n) is 7.09. The van der Waals surface area contributed by atoms with Gasteiger partial charge in [-0.05, 0) is 37.0 Å². The second-order valence-electron chi connectivity index (χ2n) is 10.9. The minimum Gasteiger partial charge on any atom is -0.344 e. The fraction of sp³-hybridized carbons (Fsp3) is 0.560. The Labute approximate surface area is 205 Å². The number of urea groups is 1. The molecular weight excluding hydrogens is 448 g/mol. The number of amides is 5. The number of H-pyrrole nitrogens is 1. The van der Waals surface area contributed by atoms with Gasteiger partial charge >= 0.3 is 6.03 Å². The minimum absolute atomic E-state index is 0.0938. The summed E-state index contributed by atoms with van der Waals surface area (Å²) in [4.78, 5) is 56.9. The molecule has 10 heteroatoms. The van der Waals surface area contributed by atoms with Crippen molar-refractivity contribution in [1.29, 1.82) is 0 Å². The lowest BCUT2D eigenvalue weighted by molar-refractivity contribution is -0.142. The predicted octanol–water partition coefficient (Wildman–Crippen LogP) is 2.51. The number of carbonyl (C=O) groups excluding carboxylic acids is 4. The highest BCUT2D eigenvalue weighted by Crippen LogP contribution is 2.41. The molecule has 1 aromatic heterocycles. The van der Waals surface area contributed by atoms with Crippen LogP contribution in [0.25, 0.3) is 10.9 Å². The SMILES string of the molecule is CC(C)[C@@H](NC(=O)C(C)(C)C)C(=O)N1CCC2(CC1)C(=O)N(C)C(=O)N2c1ccc2[nH]ncc2c1. The Morgan fingerprint density at radius 1 is 1.14 bits per heavy atom. The first-order chi connectivity index (χ1) is 16.4. The Balaban J connectivity index is 1.57. The standard InChI is InChI=1S/C25H34N6O4/c1-15(2)19(27-21(33)24(3,4)5)20(32)30-11-9-25(10-12-30)22(34)29(6)23(35)31(25)17-7-8-18-16(13-17)14-26-28-18/h7-8,13-15,19H,9-12H2,1-6H3,(H,26,28)(H,27,33)/t19-/m1/s1. The molecule has 188 valence electrons. The number of likely N-dealkylation sites (tertiary alicyclic amines) is 1. The van der Waals surface area contributed by atoms with Crippen molar-refractivity contribution in [1.82, 2.24) is 25.3 Å². The summed E-state index contributed by atoms with van der Waals surface area (Å²) in [5.74, 6) is -0.701. The Kier molecular flexibility index (Phi) is 6.11. The fourth-order valence-corrected chi connectivity index (χ4v) is 4.86. The van der Waals surface area contributed by atoms with Gasteiger partial charge in [-0.25, -0.2) is 4.79 Å². The molecule has 0 radical (unpaired) electrons. The normalized spacial score (nSPS) is 19.2. The fourth-order valence-electron chi connectivity index (χ4n) is 4.86. The van der Waals surface area contributed by atoms with Crippen LogP contribution in [0.2, 0.25) is 0 Å². The Bertz CT molecular complexity index is 1170. The zero-order valence-corrected chi connectivity index (χ0v) is 21.2. The molecule has 2 aliphatic heterocycles. The summed E-state index contributed by atoms with van der Waals surface area (Å²) in [5.41, 5.74) is -0.204. The first-order valence-corrected chi connectivity index (χ1v) is 12.0. The van der Waals surface area contributed by atoms with Gasteiger partial charge in [-0.2, -0.15) is 5.10 Å². The summed E-state index contributed by atoms with van der Waals surface area (Å²) in [6, 6.07) is 4.46. The summed E-state index contributed by atoms with van der Waals surface area (Å²) >= 11 is 0. The summed E-state index contributed by atoms with van der Waals surface area (Å²) in [6.07, 6.45) is 2.31. The molecule has 0 aliphatic carbocycles. The maximum absolute atomic E-state index is 13.4. The smallest absolute Gasteiger partial charge is 0.331 e. The summed E-state index contributed by atoms with van der Waals surface area (Å²) < 4.78 is 0. The average molecular weight is 483 g/mol. The first kappa shape index (κ1) is 24.7. The van der Waals surface area contributed by atoms with Gasteiger partial charge < -0.3 is 10.2 Å². The maximum atomic E-state index is 13.4. The number of piperidine rings is 1. The molecule has 0 unspecified atom stereocenters. The van der Waals surface area contributed by atoms with Crippen molar-refractivity contribution >= 4 is 40.3 Å². The highest BCUT2D eigenvalue weighted by molar-refractivity contribution is 6.17. The van der Waals surface area contributed by atoms with Crippen LogP contribution in [0.4, 0.5) is 10.5 Å². The highest BCUT2D eigenvalue weighted by Gasteiger charge is 2.58. The number of benzene rings is 1. The van der Waals surface area contributed by atoms with E-state index in [1.54, 1.807) is 22.1 Å². The third kappa shape index (κ3) is 4.15. The van der Waals surface area contributed by atoms with E-state index < -0.39 is 17.0 Å². The number of likely N-dealkylation sites (N-methyl/N-ethyl adjacent to an activating group) is 1. The van der Waals surface area contributed by atoms with Crippen molar-refractivity contribution in [3.05, 3.63) is 24.4 Å². The molecule has 1 aromatic carbocycles. The zero-order chi connectivity index (χ0) is 25.7. The van der Waals surface area contributed by atoms with E-state index in [1.807, 2.05) is 46.8 Å². The number of hydrogen-bond acceptors (Lipinski definition) is 5. The van der Waals surface area contributed by atoms with Crippen LogP contribution in [0.1, 0.15) is 47.5 Å². The molecule has 2 fully saturated rings. The van der Waals surface area contributed by atoms with E-state index in [0.29, 0.717) is 31.6 Å². The molecule has 3 heterocycles. The van der Waals surface area contributed by atoms with Crippen LogP contribution in [0, 0.1) is 11.3 Å². The van der Waals surface area contributed by atoms with E-state index in [-0.39, 0.29) is 29.7 Å². The molecule has 2 N–H and O–H groups in total. The van der Waals surface area contributed by atoms with Crippen molar-refractivity contribution in [2.24, 2.45) is 11.3 Å². The van der Waals surface area contributed by atoms with Crippen molar-refractivity contribution < 1.29 is 19.2 Å². The van der Waals surface area contributed by atoms with E-state index in [9.17, 15) is 19.2 Å². The Morgan fingerprint density at radius 3 is 2.40 bits per heavy atom.